The molecule has 0 aliphatic carbocycles. The van der Waals surface area contributed by atoms with Gasteiger partial charge in [0, 0.05) is 41.7 Å². The Morgan fingerprint density at radius 3 is 1.58 bits per heavy atom. The fraction of sp³-hybridized carbons (Fsp3) is 0.770. The van der Waals surface area contributed by atoms with E-state index in [1.54, 1.807) is 14.2 Å². The number of methoxy groups -OCH3 is 2. The molecule has 0 radical (unpaired) electrons. The number of aliphatic hydroxyl groups is 1. The molecule has 0 bridgehead atoms. The molecule has 6 saturated heterocycles. The largest absolute Gasteiger partial charge is 0.405 e. The van der Waals surface area contributed by atoms with E-state index in [1.165, 1.54) is 0 Å². The number of ether oxygens (including phenoxy) is 16. The topological polar surface area (TPSA) is 177 Å². The van der Waals surface area contributed by atoms with Crippen LogP contribution < -0.4 is 10.4 Å². The number of rotatable bonds is 27. The number of aliphatic hydroxyl groups excluding tert-OH is 1. The summed E-state index contributed by atoms with van der Waals surface area (Å²) in [6, 6.07) is 22.1. The van der Waals surface area contributed by atoms with Crippen molar-refractivity contribution >= 4 is 26.8 Å². The van der Waals surface area contributed by atoms with Gasteiger partial charge < -0.3 is 85.3 Å². The Morgan fingerprint density at radius 1 is 0.605 bits per heavy atom. The number of hydrogen-bond acceptors (Lipinski definition) is 18. The van der Waals surface area contributed by atoms with Crippen LogP contribution >= 0.6 is 0 Å². The molecular weight excluding hydrogens is 1080 g/mol. The molecule has 1 unspecified atom stereocenters. The van der Waals surface area contributed by atoms with E-state index in [-0.39, 0.29) is 44.7 Å². The molecule has 2 aromatic rings. The summed E-state index contributed by atoms with van der Waals surface area (Å²) in [5, 5.41) is 14.6. The van der Waals surface area contributed by atoms with E-state index in [9.17, 15) is 5.11 Å². The lowest BCUT2D eigenvalue weighted by molar-refractivity contribution is -0.237. The Hall–Kier alpha value is -2.11. The monoisotopic (exact) mass is 1170 g/mol. The minimum atomic E-state index is -3.01. The maximum Gasteiger partial charge on any atom is 0.261 e. The van der Waals surface area contributed by atoms with Gasteiger partial charge in [-0.2, -0.15) is 0 Å². The minimum Gasteiger partial charge on any atom is -0.405 e. The number of benzene rings is 2. The second-order valence-electron chi connectivity index (χ2n) is 26.8. The van der Waals surface area contributed by atoms with Crippen molar-refractivity contribution in [3.05, 3.63) is 72.8 Å². The zero-order valence-corrected chi connectivity index (χ0v) is 53.3. The highest BCUT2D eigenvalue weighted by atomic mass is 28.4. The van der Waals surface area contributed by atoms with Gasteiger partial charge in [0.25, 0.3) is 8.32 Å². The Bertz CT molecular complexity index is 2250. The molecule has 0 aromatic heterocycles. The van der Waals surface area contributed by atoms with Gasteiger partial charge in [-0.3, -0.25) is 0 Å². The zero-order chi connectivity index (χ0) is 58.8. The van der Waals surface area contributed by atoms with Crippen LogP contribution in [-0.2, 0) is 80.2 Å². The summed E-state index contributed by atoms with van der Waals surface area (Å²) in [7, 11) is -1.14. The van der Waals surface area contributed by atoms with Crippen LogP contribution in [0.4, 0.5) is 0 Å². The van der Waals surface area contributed by atoms with Crippen molar-refractivity contribution in [1.82, 2.24) is 0 Å². The predicted octanol–water partition coefficient (Wildman–Crippen LogP) is 7.96. The first-order valence-corrected chi connectivity index (χ1v) is 34.9. The Kier molecular flexibility index (Phi) is 21.2. The normalized spacial score (nSPS) is 32.8. The van der Waals surface area contributed by atoms with Crippen LogP contribution in [0.2, 0.25) is 30.7 Å². The van der Waals surface area contributed by atoms with Crippen LogP contribution in [0, 0.1) is 0 Å². The van der Waals surface area contributed by atoms with Crippen molar-refractivity contribution < 1.29 is 85.3 Å². The van der Waals surface area contributed by atoms with Crippen molar-refractivity contribution in [2.24, 2.45) is 0 Å². The third-order valence-electron chi connectivity index (χ3n) is 16.1. The lowest BCUT2D eigenvalue weighted by Gasteiger charge is -2.45. The Morgan fingerprint density at radius 2 is 1.07 bits per heavy atom. The van der Waals surface area contributed by atoms with Crippen LogP contribution in [0.1, 0.15) is 102 Å². The summed E-state index contributed by atoms with van der Waals surface area (Å²) in [5.41, 5.74) is 0.497. The molecule has 0 saturated carbocycles. The maximum absolute atomic E-state index is 12.6. The zero-order valence-electron chi connectivity index (χ0n) is 51.3. The summed E-state index contributed by atoms with van der Waals surface area (Å²) in [6.45, 7) is 34.5. The third-order valence-corrected chi connectivity index (χ3v) is 22.8. The van der Waals surface area contributed by atoms with Gasteiger partial charge >= 0.3 is 0 Å². The van der Waals surface area contributed by atoms with Crippen LogP contribution in [0.3, 0.4) is 0 Å². The van der Waals surface area contributed by atoms with Crippen LogP contribution in [-0.4, -0.2) is 191 Å². The highest BCUT2D eigenvalue weighted by Gasteiger charge is 2.61. The van der Waals surface area contributed by atoms with Gasteiger partial charge in [0.05, 0.1) is 43.7 Å². The predicted molar refractivity (Wildman–Crippen MR) is 308 cm³/mol. The second-order valence-corrected chi connectivity index (χ2v) is 36.7. The summed E-state index contributed by atoms with van der Waals surface area (Å²) in [6.07, 6.45) is -8.01. The van der Waals surface area contributed by atoms with Crippen LogP contribution in [0.15, 0.2) is 72.8 Å². The second kappa shape index (κ2) is 26.5. The molecule has 458 valence electrons. The molecule has 18 nitrogen and oxygen atoms in total. The summed E-state index contributed by atoms with van der Waals surface area (Å²) in [5.74, 6) is -3.76. The molecule has 6 aliphatic heterocycles. The Labute approximate surface area is 484 Å². The molecular formula is C61H98O18Si2. The molecule has 6 fully saturated rings. The van der Waals surface area contributed by atoms with Crippen molar-refractivity contribution in [2.75, 3.05) is 54.4 Å². The molecule has 6 aliphatic rings. The Balaban J connectivity index is 1.00. The minimum absolute atomic E-state index is 0.00304. The van der Waals surface area contributed by atoms with Gasteiger partial charge in [-0.1, -0.05) is 108 Å². The molecule has 20 heteroatoms. The van der Waals surface area contributed by atoms with E-state index in [2.05, 4.69) is 95.5 Å². The molecule has 0 spiro atoms. The van der Waals surface area contributed by atoms with Gasteiger partial charge in [-0.05, 0) is 95.3 Å². The number of hydrogen-bond donors (Lipinski definition) is 1. The van der Waals surface area contributed by atoms with Crippen molar-refractivity contribution in [3.8, 4) is 0 Å². The first-order valence-electron chi connectivity index (χ1n) is 29.3. The van der Waals surface area contributed by atoms with Crippen molar-refractivity contribution in [3.63, 3.8) is 0 Å². The number of fused-ring (bicyclic) bond motifs is 2. The van der Waals surface area contributed by atoms with E-state index < -0.39 is 125 Å². The summed E-state index contributed by atoms with van der Waals surface area (Å²) in [4.78, 5) is 0. The fourth-order valence-corrected chi connectivity index (χ4v) is 18.0. The SMILES string of the molecule is C=C(CC[C@@H](OCOC)[C@H]1C[C@H]2OC(C)(C)O[C@H]2[C@H]([C@H]2OC(C)(C)O[C@@H]2COCOCC[Si](C)(C)C)O1)C(O)[C@@H](OCOC)[C@H]1C[C@H]2OC(C)(C)O[C@H]2[C@H]([C@H]2OC(C)(C)O[C@@H]2CO[Si](c2ccccc2)(c2ccccc2)C(C)(C)C)O1. The lowest BCUT2D eigenvalue weighted by Crippen LogP contribution is -2.67. The van der Waals surface area contributed by atoms with E-state index in [1.807, 2.05) is 67.5 Å². The molecule has 0 amide bonds. The smallest absolute Gasteiger partial charge is 0.261 e. The highest BCUT2D eigenvalue weighted by molar-refractivity contribution is 6.99. The van der Waals surface area contributed by atoms with Gasteiger partial charge in [0.15, 0.2) is 23.1 Å². The van der Waals surface area contributed by atoms with Crippen molar-refractivity contribution in [2.45, 2.75) is 247 Å². The highest BCUT2D eigenvalue weighted by Crippen LogP contribution is 2.47. The molecule has 1 N–H and O–H groups in total. The fourth-order valence-electron chi connectivity index (χ4n) is 12.7. The summed E-state index contributed by atoms with van der Waals surface area (Å²) >= 11 is 0. The standard InChI is InChI=1S/C61H98O18Si2/c1-39(28-29-42(67-36-63-13)43-32-45-51(76-58(5,6)72-45)55(70-43)53-47(74-60(9,10)78-53)34-66-38-65-30-31-80(15,16)17)49(62)50(68-37-64-14)44-33-46-52(77-59(7,8)73-46)56(71-44)54-48(75-61(11,12)79-54)35-69-81(57(2,3)4,40-24-20-18-21-25-40)41-26-22-19-23-27-41/h18-27,42-56,62H,1,28-38H2,2-17H3/t42-,43-,44-,45-,46-,47-,48-,49?,50+,51-,52-,53+,54+,55-,56-/m1/s1. The molecule has 8 rings (SSSR count). The van der Waals surface area contributed by atoms with Gasteiger partial charge in [-0.15, -0.1) is 0 Å². The van der Waals surface area contributed by atoms with Gasteiger partial charge in [-0.25, -0.2) is 0 Å². The van der Waals surface area contributed by atoms with E-state index in [4.69, 9.17) is 80.2 Å². The molecule has 81 heavy (non-hydrogen) atoms. The van der Waals surface area contributed by atoms with E-state index in [0.717, 1.165) is 16.4 Å². The van der Waals surface area contributed by atoms with Gasteiger partial charge in [0.1, 0.15) is 81.4 Å². The van der Waals surface area contributed by atoms with E-state index in [0.29, 0.717) is 37.9 Å². The maximum atomic E-state index is 12.6. The van der Waals surface area contributed by atoms with Crippen LogP contribution in [0.25, 0.3) is 0 Å². The molecule has 15 atom stereocenters. The molecule has 2 aromatic carbocycles. The third kappa shape index (κ3) is 15.9. The first-order chi connectivity index (χ1) is 38.0. The summed E-state index contributed by atoms with van der Waals surface area (Å²) < 4.78 is 111. The van der Waals surface area contributed by atoms with Gasteiger partial charge in [0.2, 0.25) is 0 Å². The quantitative estimate of drug-likeness (QED) is 0.0394. The lowest BCUT2D eigenvalue weighted by atomic mass is 9.87. The van der Waals surface area contributed by atoms with E-state index >= 15 is 0 Å². The average Bonchev–Trinajstić information content (AvgIpc) is 4.28. The van der Waals surface area contributed by atoms with Crippen molar-refractivity contribution in [1.29, 1.82) is 0 Å². The average molecular weight is 1180 g/mol. The van der Waals surface area contributed by atoms with Crippen LogP contribution in [0.5, 0.6) is 0 Å². The molecule has 6 heterocycles. The first kappa shape index (κ1) is 64.9.